The summed E-state index contributed by atoms with van der Waals surface area (Å²) in [4.78, 5) is 35.3. The molecule has 0 aromatic heterocycles. The van der Waals surface area contributed by atoms with Gasteiger partial charge in [0.25, 0.3) is 0 Å². The third-order valence-corrected chi connectivity index (χ3v) is 5.89. The van der Waals surface area contributed by atoms with Crippen molar-refractivity contribution in [3.63, 3.8) is 0 Å². The van der Waals surface area contributed by atoms with E-state index in [9.17, 15) is 19.5 Å². The van der Waals surface area contributed by atoms with Gasteiger partial charge in [0.2, 0.25) is 0 Å². The molecule has 0 radical (unpaired) electrons. The molecule has 1 N–H and O–H groups in total. The number of hydrogen-bond acceptors (Lipinski definition) is 8. The monoisotopic (exact) mass is 422 g/mol. The molecule has 5 atom stereocenters. The first kappa shape index (κ1) is 22.5. The predicted molar refractivity (Wildman–Crippen MR) is 105 cm³/mol. The molecule has 0 aromatic carbocycles. The Balaban J connectivity index is 1.79. The van der Waals surface area contributed by atoms with E-state index in [0.717, 1.165) is 5.57 Å². The number of rotatable bonds is 6. The number of epoxide rings is 1. The van der Waals surface area contributed by atoms with Gasteiger partial charge in [0.05, 0.1) is 12.2 Å². The third kappa shape index (κ3) is 4.92. The minimum Gasteiger partial charge on any atom is -0.462 e. The van der Waals surface area contributed by atoms with Crippen LogP contribution in [0.25, 0.3) is 0 Å². The molecule has 0 bridgehead atoms. The first-order valence-corrected chi connectivity index (χ1v) is 10.3. The van der Waals surface area contributed by atoms with Gasteiger partial charge in [-0.25, -0.2) is 4.79 Å². The first-order valence-electron chi connectivity index (χ1n) is 10.3. The Labute approximate surface area is 176 Å². The molecule has 3 rings (SSSR count). The minimum absolute atomic E-state index is 0.0594. The molecule has 2 aliphatic heterocycles. The van der Waals surface area contributed by atoms with Gasteiger partial charge in [-0.05, 0) is 24.3 Å². The summed E-state index contributed by atoms with van der Waals surface area (Å²) in [6.45, 7) is 9.04. The molecule has 2 saturated heterocycles. The first-order chi connectivity index (χ1) is 14.1. The second-order valence-corrected chi connectivity index (χ2v) is 8.73. The summed E-state index contributed by atoms with van der Waals surface area (Å²) in [6.07, 6.45) is 1.43. The van der Waals surface area contributed by atoms with Crippen LogP contribution >= 0.6 is 0 Å². The Morgan fingerprint density at radius 1 is 1.37 bits per heavy atom. The summed E-state index contributed by atoms with van der Waals surface area (Å²) in [5.74, 6) is -1.47. The van der Waals surface area contributed by atoms with E-state index in [1.807, 2.05) is 19.9 Å². The summed E-state index contributed by atoms with van der Waals surface area (Å²) < 4.78 is 21.9. The van der Waals surface area contributed by atoms with Gasteiger partial charge in [-0.1, -0.05) is 26.5 Å². The highest BCUT2D eigenvalue weighted by molar-refractivity contribution is 5.90. The Morgan fingerprint density at radius 2 is 2.10 bits per heavy atom. The molecule has 8 heteroatoms. The number of carbonyl (C=O) groups excluding carboxylic acids is 3. The largest absolute Gasteiger partial charge is 0.462 e. The van der Waals surface area contributed by atoms with E-state index in [-0.39, 0.29) is 44.0 Å². The number of carbonyl (C=O) groups is 3. The number of aliphatic hydroxyl groups excluding tert-OH is 1. The number of fused-ring (bicyclic) bond motifs is 2. The fourth-order valence-electron chi connectivity index (χ4n) is 4.10. The quantitative estimate of drug-likeness (QED) is 0.227. The fourth-order valence-corrected chi connectivity index (χ4v) is 4.10. The lowest BCUT2D eigenvalue weighted by Gasteiger charge is -2.26. The molecular formula is C22H30O8. The van der Waals surface area contributed by atoms with Crippen LogP contribution in [0, 0.1) is 11.8 Å². The molecule has 166 valence electrons. The third-order valence-electron chi connectivity index (χ3n) is 5.89. The van der Waals surface area contributed by atoms with Crippen LogP contribution in [0.4, 0.5) is 0 Å². The molecule has 0 saturated carbocycles. The van der Waals surface area contributed by atoms with E-state index in [1.165, 1.54) is 6.92 Å². The van der Waals surface area contributed by atoms with Crippen molar-refractivity contribution in [1.29, 1.82) is 0 Å². The fraction of sp³-hybridized carbons (Fsp3) is 0.682. The molecule has 0 aromatic rings. The number of hydrogen-bond donors (Lipinski definition) is 1. The molecule has 0 amide bonds. The van der Waals surface area contributed by atoms with Crippen molar-refractivity contribution in [3.8, 4) is 0 Å². The maximum Gasteiger partial charge on any atom is 0.334 e. The summed E-state index contributed by atoms with van der Waals surface area (Å²) in [5, 5.41) is 11.0. The van der Waals surface area contributed by atoms with Crippen LogP contribution in [0.2, 0.25) is 0 Å². The normalized spacial score (nSPS) is 34.9. The van der Waals surface area contributed by atoms with Gasteiger partial charge >= 0.3 is 17.9 Å². The highest BCUT2D eigenvalue weighted by atomic mass is 16.7. The molecule has 2 fully saturated rings. The Hall–Kier alpha value is -2.19. The minimum atomic E-state index is -1.02. The van der Waals surface area contributed by atoms with Crippen molar-refractivity contribution in [2.24, 2.45) is 11.8 Å². The molecule has 30 heavy (non-hydrogen) atoms. The Morgan fingerprint density at radius 3 is 2.77 bits per heavy atom. The van der Waals surface area contributed by atoms with E-state index in [1.54, 1.807) is 0 Å². The smallest absolute Gasteiger partial charge is 0.334 e. The second-order valence-electron chi connectivity index (χ2n) is 8.73. The second kappa shape index (κ2) is 8.89. The summed E-state index contributed by atoms with van der Waals surface area (Å²) in [7, 11) is 0. The molecule has 3 aliphatic rings. The van der Waals surface area contributed by atoms with Crippen LogP contribution in [0.15, 0.2) is 23.8 Å². The lowest BCUT2D eigenvalue weighted by Crippen LogP contribution is -2.40. The van der Waals surface area contributed by atoms with Gasteiger partial charge in [-0.2, -0.15) is 0 Å². The zero-order valence-corrected chi connectivity index (χ0v) is 17.7. The lowest BCUT2D eigenvalue weighted by molar-refractivity contribution is -0.148. The topological polar surface area (TPSA) is 112 Å². The van der Waals surface area contributed by atoms with Crippen LogP contribution in [0.5, 0.6) is 0 Å². The Kier molecular flexibility index (Phi) is 6.67. The molecule has 0 spiro atoms. The van der Waals surface area contributed by atoms with Gasteiger partial charge < -0.3 is 24.1 Å². The summed E-state index contributed by atoms with van der Waals surface area (Å²) in [5.41, 5.74) is 0.0830. The van der Waals surface area contributed by atoms with Gasteiger partial charge in [0.1, 0.15) is 19.3 Å². The van der Waals surface area contributed by atoms with Crippen LogP contribution < -0.4 is 0 Å². The molecule has 1 aliphatic carbocycles. The van der Waals surface area contributed by atoms with Crippen molar-refractivity contribution < 1.29 is 38.4 Å². The maximum atomic E-state index is 12.1. The van der Waals surface area contributed by atoms with Crippen LogP contribution in [-0.4, -0.2) is 60.1 Å². The molecular weight excluding hydrogens is 392 g/mol. The summed E-state index contributed by atoms with van der Waals surface area (Å²) in [6, 6.07) is 0. The van der Waals surface area contributed by atoms with Crippen molar-refractivity contribution in [2.75, 3.05) is 13.2 Å². The van der Waals surface area contributed by atoms with Gasteiger partial charge in [0.15, 0.2) is 5.60 Å². The molecule has 2 heterocycles. The lowest BCUT2D eigenvalue weighted by atomic mass is 9.82. The van der Waals surface area contributed by atoms with E-state index in [4.69, 9.17) is 18.9 Å². The standard InChI is InChI=1S/C22H30O8/c1-12(2)7-20(25)28-11-22-18(24)9-16-13(3)21(26)29-17(16)8-15(10-27-14(4)23)5-6-19(22)30-22/h5,12,16-19,24H,3,6-11H2,1-2,4H3/b15-5-/t16-,17+,18-,19+,22-/m1/s1. The summed E-state index contributed by atoms with van der Waals surface area (Å²) >= 11 is 0. The van der Waals surface area contributed by atoms with Crippen LogP contribution in [0.1, 0.15) is 46.5 Å². The zero-order valence-electron chi connectivity index (χ0n) is 17.7. The SMILES string of the molecule is C=C1C(=O)O[C@H]2C/C(COC(C)=O)=C/C[C@@H]3O[C@]3(COC(=O)CC(C)C)[C@H](O)C[C@H]12. The van der Waals surface area contributed by atoms with E-state index in [2.05, 4.69) is 6.58 Å². The van der Waals surface area contributed by atoms with E-state index in [0.29, 0.717) is 18.4 Å². The zero-order chi connectivity index (χ0) is 22.1. The predicted octanol–water partition coefficient (Wildman–Crippen LogP) is 1.85. The average molecular weight is 422 g/mol. The van der Waals surface area contributed by atoms with Gasteiger partial charge in [-0.15, -0.1) is 0 Å². The van der Waals surface area contributed by atoms with Crippen LogP contribution in [0.3, 0.4) is 0 Å². The number of esters is 3. The Bertz CT molecular complexity index is 754. The number of ether oxygens (including phenoxy) is 4. The molecule has 8 nitrogen and oxygen atoms in total. The van der Waals surface area contributed by atoms with Crippen molar-refractivity contribution in [2.45, 2.75) is 70.4 Å². The van der Waals surface area contributed by atoms with Crippen molar-refractivity contribution in [1.82, 2.24) is 0 Å². The van der Waals surface area contributed by atoms with Crippen molar-refractivity contribution in [3.05, 3.63) is 23.8 Å². The maximum absolute atomic E-state index is 12.1. The van der Waals surface area contributed by atoms with E-state index >= 15 is 0 Å². The van der Waals surface area contributed by atoms with Gasteiger partial charge in [-0.3, -0.25) is 9.59 Å². The van der Waals surface area contributed by atoms with Crippen molar-refractivity contribution >= 4 is 17.9 Å². The molecule has 0 unspecified atom stereocenters. The van der Waals surface area contributed by atoms with Gasteiger partial charge in [0, 0.05) is 31.3 Å². The highest BCUT2D eigenvalue weighted by Gasteiger charge is 2.62. The number of aliphatic hydroxyl groups is 1. The van der Waals surface area contributed by atoms with E-state index < -0.39 is 35.7 Å². The highest BCUT2D eigenvalue weighted by Crippen LogP contribution is 2.47. The van der Waals surface area contributed by atoms with Crippen LogP contribution in [-0.2, 0) is 33.3 Å². The average Bonchev–Trinajstić information content (AvgIpc) is 3.32.